The predicted molar refractivity (Wildman–Crippen MR) is 130 cm³/mol. The van der Waals surface area contributed by atoms with E-state index in [1.54, 1.807) is 6.07 Å². The van der Waals surface area contributed by atoms with Crippen LogP contribution in [0.2, 0.25) is 0 Å². The first kappa shape index (κ1) is 25.1. The van der Waals surface area contributed by atoms with Crippen LogP contribution in [0.5, 0.6) is 5.75 Å². The van der Waals surface area contributed by atoms with Crippen molar-refractivity contribution in [3.63, 3.8) is 0 Å². The van der Waals surface area contributed by atoms with E-state index < -0.39 is 55.3 Å². The van der Waals surface area contributed by atoms with Crippen LogP contribution in [0.25, 0.3) is 11.1 Å². The van der Waals surface area contributed by atoms with Gasteiger partial charge in [0.2, 0.25) is 13.7 Å². The van der Waals surface area contributed by atoms with Gasteiger partial charge < -0.3 is 24.6 Å². The Bertz CT molecular complexity index is 1290. The van der Waals surface area contributed by atoms with Crippen molar-refractivity contribution in [1.29, 1.82) is 0 Å². The van der Waals surface area contributed by atoms with Gasteiger partial charge in [0.05, 0.1) is 18.4 Å². The molecule has 36 heavy (non-hydrogen) atoms. The molecule has 1 aliphatic carbocycles. The van der Waals surface area contributed by atoms with Crippen molar-refractivity contribution < 1.29 is 37.9 Å². The van der Waals surface area contributed by atoms with E-state index in [-0.39, 0.29) is 19.0 Å². The topological polar surface area (TPSA) is 96.2 Å². The minimum Gasteiger partial charge on any atom is -0.462 e. The molecule has 1 heterocycles. The highest BCUT2D eigenvalue weighted by Gasteiger charge is 2.39. The third-order valence-electron chi connectivity index (χ3n) is 6.79. The Balaban J connectivity index is 1.23. The summed E-state index contributed by atoms with van der Waals surface area (Å²) in [6.45, 7) is 0. The van der Waals surface area contributed by atoms with E-state index in [4.69, 9.17) is 9.47 Å². The maximum Gasteiger partial charge on any atom is 0.228 e. The second-order valence-electron chi connectivity index (χ2n) is 9.41. The van der Waals surface area contributed by atoms with Gasteiger partial charge in [-0.05, 0) is 59.4 Å². The summed E-state index contributed by atoms with van der Waals surface area (Å²) in [6.07, 6.45) is -4.38. The van der Waals surface area contributed by atoms with Crippen LogP contribution in [0, 0.1) is 11.6 Å². The van der Waals surface area contributed by atoms with Crippen LogP contribution in [-0.4, -0.2) is 45.9 Å². The van der Waals surface area contributed by atoms with Crippen LogP contribution in [0.4, 0.5) is 8.78 Å². The van der Waals surface area contributed by atoms with E-state index in [1.165, 1.54) is 17.2 Å². The molecule has 1 aliphatic heterocycles. The molecule has 1 fully saturated rings. The number of aliphatic hydroxyl groups is 2. The first-order valence-corrected chi connectivity index (χ1v) is 13.9. The fourth-order valence-corrected chi connectivity index (χ4v) is 6.53. The molecule has 0 saturated carbocycles. The summed E-state index contributed by atoms with van der Waals surface area (Å²) in [5, 5.41) is 20.8. The normalized spacial score (nSPS) is 24.6. The van der Waals surface area contributed by atoms with E-state index in [0.29, 0.717) is 5.75 Å². The van der Waals surface area contributed by atoms with Gasteiger partial charge in [-0.2, -0.15) is 0 Å². The van der Waals surface area contributed by atoms with Crippen molar-refractivity contribution in [2.24, 2.45) is 0 Å². The third kappa shape index (κ3) is 5.24. The average molecular weight is 516 g/mol. The van der Waals surface area contributed by atoms with Crippen LogP contribution in [0.15, 0.2) is 60.7 Å². The number of aliphatic hydroxyl groups excluding tert-OH is 2. The lowest BCUT2D eigenvalue weighted by Crippen LogP contribution is -2.51. The molecule has 3 aromatic rings. The summed E-state index contributed by atoms with van der Waals surface area (Å²) in [4.78, 5) is 10.4. The number of hydrogen-bond acceptors (Lipinski definition) is 5. The lowest BCUT2D eigenvalue weighted by Gasteiger charge is -2.37. The molecule has 5 rings (SSSR count). The smallest absolute Gasteiger partial charge is 0.228 e. The monoisotopic (exact) mass is 516 g/mol. The first-order chi connectivity index (χ1) is 17.2. The Morgan fingerprint density at radius 1 is 0.972 bits per heavy atom. The maximum atomic E-state index is 13.9. The molecule has 0 aromatic heterocycles. The molecule has 190 valence electrons. The minimum atomic E-state index is -3.94. The Hall–Kier alpha value is -2.61. The third-order valence-corrected chi connectivity index (χ3v) is 8.56. The Kier molecular flexibility index (Phi) is 6.99. The summed E-state index contributed by atoms with van der Waals surface area (Å²) in [7, 11) is -3.94. The second kappa shape index (κ2) is 10.0. The fourth-order valence-electron chi connectivity index (χ4n) is 4.88. The highest BCUT2D eigenvalue weighted by molar-refractivity contribution is 7.57. The van der Waals surface area contributed by atoms with Crippen molar-refractivity contribution in [1.82, 2.24) is 0 Å². The van der Waals surface area contributed by atoms with Gasteiger partial charge in [0.1, 0.15) is 23.5 Å². The second-order valence-corrected chi connectivity index (χ2v) is 11.9. The lowest BCUT2D eigenvalue weighted by atomic mass is 10.0. The Morgan fingerprint density at radius 3 is 2.47 bits per heavy atom. The highest BCUT2D eigenvalue weighted by Crippen LogP contribution is 2.47. The predicted octanol–water partition coefficient (Wildman–Crippen LogP) is 4.61. The van der Waals surface area contributed by atoms with Crippen LogP contribution in [-0.2, 0) is 21.9 Å². The molecule has 0 amide bonds. The molecule has 2 aliphatic rings. The fraction of sp³-hybridized carbons (Fsp3) is 0.333. The quantitative estimate of drug-likeness (QED) is 0.311. The molecule has 3 N–H and O–H groups in total. The minimum absolute atomic E-state index is 0.0363. The summed E-state index contributed by atoms with van der Waals surface area (Å²) >= 11 is 0. The summed E-state index contributed by atoms with van der Waals surface area (Å²) in [5.74, 6) is -1.27. The number of hydrogen-bond donors (Lipinski definition) is 3. The van der Waals surface area contributed by atoms with Gasteiger partial charge in [-0.15, -0.1) is 0 Å². The van der Waals surface area contributed by atoms with Crippen LogP contribution in [0.1, 0.15) is 29.5 Å². The molecule has 1 saturated heterocycles. The molecule has 9 heteroatoms. The van der Waals surface area contributed by atoms with E-state index >= 15 is 0 Å². The van der Waals surface area contributed by atoms with E-state index in [2.05, 4.69) is 12.1 Å². The number of halogens is 2. The van der Waals surface area contributed by atoms with Gasteiger partial charge in [0.15, 0.2) is 0 Å². The van der Waals surface area contributed by atoms with Gasteiger partial charge in [-0.1, -0.05) is 36.4 Å². The molecule has 6 nitrogen and oxygen atoms in total. The van der Waals surface area contributed by atoms with E-state index in [9.17, 15) is 28.5 Å². The lowest BCUT2D eigenvalue weighted by molar-refractivity contribution is -0.235. The molecule has 3 aromatic carbocycles. The van der Waals surface area contributed by atoms with Crippen molar-refractivity contribution in [2.75, 3.05) is 6.16 Å². The zero-order chi connectivity index (χ0) is 25.4. The summed E-state index contributed by atoms with van der Waals surface area (Å²) in [6, 6.07) is 17.0. The number of rotatable bonds is 7. The first-order valence-electron chi connectivity index (χ1n) is 11.8. The summed E-state index contributed by atoms with van der Waals surface area (Å²) in [5.41, 5.74) is 4.16. The van der Waals surface area contributed by atoms with Crippen molar-refractivity contribution >= 4 is 7.37 Å². The van der Waals surface area contributed by atoms with Crippen molar-refractivity contribution in [3.8, 4) is 16.9 Å². The number of fused-ring (bicyclic) bond motifs is 3. The average Bonchev–Trinajstić information content (AvgIpc) is 3.21. The maximum absolute atomic E-state index is 13.9. The van der Waals surface area contributed by atoms with Gasteiger partial charge in [0, 0.05) is 18.1 Å². The van der Waals surface area contributed by atoms with Gasteiger partial charge in [0.25, 0.3) is 0 Å². The largest absolute Gasteiger partial charge is 0.462 e. The van der Waals surface area contributed by atoms with Crippen LogP contribution < -0.4 is 4.74 Å². The standard InChI is InChI=1S/C27H27F2O6P/c28-23-6-3-7-24(29)22(23)15-36(32,33)11-10-19-14-25(30)26(31)27(35-19)34-18-8-9-21-17(13-18)12-16-4-1-2-5-20(16)21/h1-9,13,19,25-27,30-31H,10-12,14-15H2,(H,32,33). The Labute approximate surface area is 207 Å². The van der Waals surface area contributed by atoms with Crippen molar-refractivity contribution in [3.05, 3.63) is 89.0 Å². The molecule has 0 radical (unpaired) electrons. The number of ether oxygens (including phenoxy) is 2. The van der Waals surface area contributed by atoms with Crippen LogP contribution in [0.3, 0.4) is 0 Å². The van der Waals surface area contributed by atoms with Gasteiger partial charge in [-0.25, -0.2) is 8.78 Å². The van der Waals surface area contributed by atoms with Crippen molar-refractivity contribution in [2.45, 2.75) is 50.0 Å². The number of benzene rings is 3. The molecule has 0 spiro atoms. The molecule has 0 bridgehead atoms. The zero-order valence-corrected chi connectivity index (χ0v) is 20.3. The van der Waals surface area contributed by atoms with Crippen LogP contribution >= 0.6 is 7.37 Å². The molecule has 5 atom stereocenters. The zero-order valence-electron chi connectivity index (χ0n) is 19.4. The van der Waals surface area contributed by atoms with E-state index in [1.807, 2.05) is 24.3 Å². The molecular weight excluding hydrogens is 489 g/mol. The SMILES string of the molecule is O=P(O)(CCC1CC(O)C(O)C(Oc2ccc3c(c2)Cc2ccccc2-3)O1)Cc1c(F)cccc1F. The van der Waals surface area contributed by atoms with Gasteiger partial charge >= 0.3 is 0 Å². The van der Waals surface area contributed by atoms with E-state index in [0.717, 1.165) is 29.7 Å². The highest BCUT2D eigenvalue weighted by atomic mass is 31.2. The Morgan fingerprint density at radius 2 is 1.69 bits per heavy atom. The summed E-state index contributed by atoms with van der Waals surface area (Å²) < 4.78 is 52.2. The molecular formula is C27H27F2O6P. The van der Waals surface area contributed by atoms with Gasteiger partial charge in [-0.3, -0.25) is 4.57 Å². The molecule has 5 unspecified atom stereocenters.